The number of nitrogens with one attached hydrogen (secondary N) is 1. The molecule has 0 aromatic carbocycles. The van der Waals surface area contributed by atoms with Crippen molar-refractivity contribution >= 4 is 23.0 Å². The van der Waals surface area contributed by atoms with Crippen LogP contribution in [-0.4, -0.2) is 26.9 Å². The summed E-state index contributed by atoms with van der Waals surface area (Å²) in [6, 6.07) is 3.66. The second-order valence-corrected chi connectivity index (χ2v) is 9.23. The van der Waals surface area contributed by atoms with Crippen molar-refractivity contribution in [2.24, 2.45) is 10.9 Å². The number of aromatic nitrogens is 3. The Kier molecular flexibility index (Phi) is 9.83. The van der Waals surface area contributed by atoms with Crippen LogP contribution in [0.3, 0.4) is 0 Å². The van der Waals surface area contributed by atoms with E-state index in [9.17, 15) is 14.0 Å². The van der Waals surface area contributed by atoms with E-state index in [1.54, 1.807) is 26.8 Å². The van der Waals surface area contributed by atoms with Gasteiger partial charge in [0.15, 0.2) is 0 Å². The number of hydrogen-bond acceptors (Lipinski definition) is 5. The maximum atomic E-state index is 13.3. The Morgan fingerprint density at radius 1 is 1.29 bits per heavy atom. The molecule has 2 aromatic heterocycles. The first-order valence-electron chi connectivity index (χ1n) is 11.8. The zero-order chi connectivity index (χ0) is 25.4. The minimum Gasteiger partial charge on any atom is -0.309 e. The minimum absolute atomic E-state index is 0.234. The lowest BCUT2D eigenvalue weighted by molar-refractivity contribution is -0.121. The molecule has 0 unspecified atom stereocenters. The second-order valence-electron chi connectivity index (χ2n) is 9.23. The van der Waals surface area contributed by atoms with E-state index >= 15 is 0 Å². The van der Waals surface area contributed by atoms with Crippen LogP contribution in [0.25, 0.3) is 10.9 Å². The lowest BCUT2D eigenvalue weighted by Gasteiger charge is -2.11. The molecule has 2 heterocycles. The number of aliphatic imine (C=N–C) groups is 1. The average Bonchev–Trinajstić information content (AvgIpc) is 3.62. The molecule has 1 aliphatic rings. The van der Waals surface area contributed by atoms with E-state index in [1.165, 1.54) is 6.08 Å². The molecule has 0 aliphatic heterocycles. The number of pyridine rings is 1. The third kappa shape index (κ3) is 7.71. The summed E-state index contributed by atoms with van der Waals surface area (Å²) in [7, 11) is 0. The molecule has 0 spiro atoms. The zero-order valence-corrected chi connectivity index (χ0v) is 21.3. The number of carbonyl (C=O) groups is 1. The number of carbonyl (C=O) groups excluding carboxylic acids is 1. The summed E-state index contributed by atoms with van der Waals surface area (Å²) in [5.74, 6) is 0.559. The van der Waals surface area contributed by atoms with Crippen molar-refractivity contribution in [2.45, 2.75) is 80.2 Å². The number of allylic oxidation sites excluding steroid dienone is 3. The molecule has 0 bridgehead atoms. The van der Waals surface area contributed by atoms with Crippen molar-refractivity contribution in [2.75, 3.05) is 0 Å². The van der Waals surface area contributed by atoms with Crippen LogP contribution in [0.4, 0.5) is 4.39 Å². The third-order valence-corrected chi connectivity index (χ3v) is 4.84. The normalized spacial score (nSPS) is 13.7. The van der Waals surface area contributed by atoms with E-state index in [0.717, 1.165) is 35.3 Å². The number of fused-ring (bicyclic) bond motifs is 1. The molecule has 1 N–H and O–H groups in total. The quantitative estimate of drug-likeness (QED) is 0.564. The molecular weight excluding hydrogens is 433 g/mol. The van der Waals surface area contributed by atoms with Crippen molar-refractivity contribution in [1.82, 2.24) is 20.1 Å². The van der Waals surface area contributed by atoms with E-state index in [1.807, 2.05) is 13.0 Å². The van der Waals surface area contributed by atoms with Crippen molar-refractivity contribution in [3.63, 3.8) is 0 Å². The predicted molar refractivity (Wildman–Crippen MR) is 136 cm³/mol. The maximum absolute atomic E-state index is 13.3. The summed E-state index contributed by atoms with van der Waals surface area (Å²) in [5, 5.41) is 7.45. The second kappa shape index (κ2) is 12.3. The Labute approximate surface area is 200 Å². The summed E-state index contributed by atoms with van der Waals surface area (Å²) in [4.78, 5) is 34.1. The molecule has 1 fully saturated rings. The van der Waals surface area contributed by atoms with E-state index in [0.29, 0.717) is 34.5 Å². The molecule has 34 heavy (non-hydrogen) atoms. The summed E-state index contributed by atoms with van der Waals surface area (Å²) in [6.45, 7) is 13.2. The molecule has 1 amide bonds. The Balaban J connectivity index is 0.000000945. The molecule has 184 valence electrons. The first-order valence-corrected chi connectivity index (χ1v) is 11.8. The Morgan fingerprint density at radius 2 is 1.94 bits per heavy atom. The highest BCUT2D eigenvalue weighted by Gasteiger charge is 2.26. The largest absolute Gasteiger partial charge is 0.309 e. The van der Waals surface area contributed by atoms with Gasteiger partial charge in [-0.25, -0.2) is 14.1 Å². The smallest absolute Gasteiger partial charge is 0.276 e. The van der Waals surface area contributed by atoms with Gasteiger partial charge < -0.3 is 5.32 Å². The molecule has 2 aromatic rings. The van der Waals surface area contributed by atoms with Gasteiger partial charge in [0.25, 0.3) is 5.56 Å². The van der Waals surface area contributed by atoms with Gasteiger partial charge in [0.05, 0.1) is 22.8 Å². The Hall–Kier alpha value is -3.16. The number of hydrogen-bond donors (Lipinski definition) is 1. The van der Waals surface area contributed by atoms with Crippen LogP contribution in [0, 0.1) is 5.92 Å². The highest BCUT2D eigenvalue weighted by Crippen LogP contribution is 2.39. The van der Waals surface area contributed by atoms with Gasteiger partial charge in [-0.15, -0.1) is 0 Å². The van der Waals surface area contributed by atoms with E-state index < -0.39 is 11.7 Å². The van der Waals surface area contributed by atoms with Crippen LogP contribution in [0.15, 0.2) is 45.2 Å². The summed E-state index contributed by atoms with van der Waals surface area (Å²) < 4.78 is 14.5. The standard InChI is InChI=1S/C22H26FN5O2.C4H10/c1-5-15(23)11-24-21(13(3)4)26-19(29)12-28-22(30)16-9-10-18(14-7-8-14)25-20(16)17(6-2)27-28;1-4(2)3/h5,9-11,14H,6-8,12H2,1-4H3,(H,26,29);4H,1-3H3/b15-5+,24-11-;. The lowest BCUT2D eigenvalue weighted by atomic mass is 10.1. The summed E-state index contributed by atoms with van der Waals surface area (Å²) in [5.41, 5.74) is 2.62. The van der Waals surface area contributed by atoms with Crippen molar-refractivity contribution < 1.29 is 9.18 Å². The first kappa shape index (κ1) is 27.1. The van der Waals surface area contributed by atoms with Crippen LogP contribution < -0.4 is 10.9 Å². The van der Waals surface area contributed by atoms with Crippen LogP contribution in [0.5, 0.6) is 0 Å². The molecule has 3 rings (SSSR count). The highest BCUT2D eigenvalue weighted by molar-refractivity contribution is 5.82. The fourth-order valence-corrected chi connectivity index (χ4v) is 2.99. The van der Waals surface area contributed by atoms with Crippen LogP contribution in [0.1, 0.15) is 78.6 Å². The molecule has 0 saturated heterocycles. The van der Waals surface area contributed by atoms with Gasteiger partial charge in [-0.3, -0.25) is 14.6 Å². The van der Waals surface area contributed by atoms with Crippen molar-refractivity contribution in [1.29, 1.82) is 0 Å². The number of nitrogens with zero attached hydrogens (tertiary/aromatic N) is 4. The molecule has 0 atom stereocenters. The van der Waals surface area contributed by atoms with E-state index in [4.69, 9.17) is 0 Å². The molecular formula is C26H36FN5O2. The van der Waals surface area contributed by atoms with Crippen molar-refractivity contribution in [3.05, 3.63) is 57.2 Å². The SMILES string of the molecule is C/C=C(F)\C=N/C(NC(=O)Cn1nc(CC)c2nc(C3CC3)ccc2c1=O)=C(C)C.CC(C)C. The van der Waals surface area contributed by atoms with Gasteiger partial charge in [0, 0.05) is 11.6 Å². The monoisotopic (exact) mass is 469 g/mol. The fraction of sp³-hybridized carbons (Fsp3) is 0.500. The average molecular weight is 470 g/mol. The molecule has 7 nitrogen and oxygen atoms in total. The number of rotatable bonds is 7. The Bertz CT molecular complexity index is 1170. The van der Waals surface area contributed by atoms with Gasteiger partial charge in [0.2, 0.25) is 5.91 Å². The Morgan fingerprint density at radius 3 is 2.47 bits per heavy atom. The molecule has 1 aliphatic carbocycles. The van der Waals surface area contributed by atoms with Crippen LogP contribution >= 0.6 is 0 Å². The molecule has 1 saturated carbocycles. The van der Waals surface area contributed by atoms with Gasteiger partial charge in [-0.2, -0.15) is 5.10 Å². The van der Waals surface area contributed by atoms with E-state index in [2.05, 4.69) is 41.2 Å². The van der Waals surface area contributed by atoms with Crippen LogP contribution in [-0.2, 0) is 17.8 Å². The minimum atomic E-state index is -0.513. The zero-order valence-electron chi connectivity index (χ0n) is 21.3. The lowest BCUT2D eigenvalue weighted by Crippen LogP contribution is -2.34. The predicted octanol–water partition coefficient (Wildman–Crippen LogP) is 5.21. The van der Waals surface area contributed by atoms with Crippen molar-refractivity contribution in [3.8, 4) is 0 Å². The molecule has 8 heteroatoms. The number of halogens is 1. The summed E-state index contributed by atoms with van der Waals surface area (Å²) >= 11 is 0. The molecule has 0 radical (unpaired) electrons. The van der Waals surface area contributed by atoms with Gasteiger partial charge in [-0.05, 0) is 63.7 Å². The summed E-state index contributed by atoms with van der Waals surface area (Å²) in [6.07, 6.45) is 5.13. The van der Waals surface area contributed by atoms with E-state index in [-0.39, 0.29) is 17.9 Å². The number of aryl methyl sites for hydroxylation is 1. The third-order valence-electron chi connectivity index (χ3n) is 4.84. The fourth-order valence-electron chi connectivity index (χ4n) is 2.99. The number of amides is 1. The van der Waals surface area contributed by atoms with Gasteiger partial charge in [0.1, 0.15) is 18.2 Å². The topological polar surface area (TPSA) is 89.2 Å². The first-order chi connectivity index (χ1) is 16.1. The van der Waals surface area contributed by atoms with Crippen LogP contribution in [0.2, 0.25) is 0 Å². The highest BCUT2D eigenvalue weighted by atomic mass is 19.1. The van der Waals surface area contributed by atoms with Gasteiger partial charge in [-0.1, -0.05) is 33.8 Å². The van der Waals surface area contributed by atoms with Gasteiger partial charge >= 0.3 is 0 Å². The maximum Gasteiger partial charge on any atom is 0.276 e.